The maximum atomic E-state index is 11.8. The van der Waals surface area contributed by atoms with Crippen LogP contribution in [0, 0.1) is 20.8 Å². The largest absolute Gasteiger partial charge is 0.513 e. The predicted molar refractivity (Wildman–Crippen MR) is 110 cm³/mol. The number of hydrogen-bond acceptors (Lipinski definition) is 5. The minimum atomic E-state index is -0.713. The summed E-state index contributed by atoms with van der Waals surface area (Å²) in [6, 6.07) is 8.16. The Bertz CT molecular complexity index is 1010. The maximum absolute atomic E-state index is 11.8. The van der Waals surface area contributed by atoms with E-state index in [-0.39, 0.29) is 6.61 Å². The third-order valence-corrected chi connectivity index (χ3v) is 4.98. The highest BCUT2D eigenvalue weighted by Crippen LogP contribution is 2.27. The molecule has 6 nitrogen and oxygen atoms in total. The maximum Gasteiger partial charge on any atom is 0.513 e. The Morgan fingerprint density at radius 3 is 2.71 bits per heavy atom. The molecule has 0 saturated heterocycles. The number of aromatic nitrogens is 2. The molecule has 0 aliphatic rings. The van der Waals surface area contributed by atoms with Gasteiger partial charge in [-0.3, -0.25) is 4.40 Å². The molecule has 28 heavy (non-hydrogen) atoms. The molecule has 1 aromatic carbocycles. The van der Waals surface area contributed by atoms with E-state index in [1.54, 1.807) is 19.2 Å². The van der Waals surface area contributed by atoms with Gasteiger partial charge in [-0.05, 0) is 50.8 Å². The van der Waals surface area contributed by atoms with Crippen molar-refractivity contribution in [3.05, 3.63) is 58.5 Å². The van der Waals surface area contributed by atoms with Crippen molar-refractivity contribution in [3.8, 4) is 5.75 Å². The second-order valence-corrected chi connectivity index (χ2v) is 6.77. The van der Waals surface area contributed by atoms with Gasteiger partial charge in [-0.2, -0.15) is 0 Å². The van der Waals surface area contributed by atoms with Gasteiger partial charge in [0.2, 0.25) is 0 Å². The number of fused-ring (bicyclic) bond motifs is 1. The SMILES string of the molecule is CCOC(=O)Oc1cc(NCc2c(C)cccc2CC)c2nc(C)c(C)n2c1. The average Bonchev–Trinajstić information content (AvgIpc) is 2.95. The minimum absolute atomic E-state index is 0.266. The Balaban J connectivity index is 1.97. The highest BCUT2D eigenvalue weighted by molar-refractivity contribution is 5.72. The second kappa shape index (κ2) is 8.33. The van der Waals surface area contributed by atoms with Gasteiger partial charge in [0, 0.05) is 18.3 Å². The lowest BCUT2D eigenvalue weighted by Gasteiger charge is -2.15. The summed E-state index contributed by atoms with van der Waals surface area (Å²) in [5, 5.41) is 3.49. The molecule has 0 spiro atoms. The number of ether oxygens (including phenoxy) is 2. The van der Waals surface area contributed by atoms with Crippen molar-refractivity contribution >= 4 is 17.5 Å². The van der Waals surface area contributed by atoms with Gasteiger partial charge in [0.05, 0.1) is 24.2 Å². The molecule has 0 amide bonds. The van der Waals surface area contributed by atoms with Gasteiger partial charge < -0.3 is 14.8 Å². The molecule has 148 valence electrons. The van der Waals surface area contributed by atoms with Gasteiger partial charge in [0.1, 0.15) is 0 Å². The Kier molecular flexibility index (Phi) is 5.87. The van der Waals surface area contributed by atoms with Crippen molar-refractivity contribution < 1.29 is 14.3 Å². The molecule has 0 aliphatic heterocycles. The van der Waals surface area contributed by atoms with Crippen LogP contribution < -0.4 is 10.1 Å². The quantitative estimate of drug-likeness (QED) is 0.611. The van der Waals surface area contributed by atoms with E-state index in [0.717, 1.165) is 29.1 Å². The van der Waals surface area contributed by atoms with Crippen LogP contribution in [0.3, 0.4) is 0 Å². The Morgan fingerprint density at radius 1 is 1.21 bits per heavy atom. The van der Waals surface area contributed by atoms with Crippen LogP contribution in [0.5, 0.6) is 5.75 Å². The average molecular weight is 381 g/mol. The first-order valence-electron chi connectivity index (χ1n) is 9.59. The summed E-state index contributed by atoms with van der Waals surface area (Å²) in [5.74, 6) is 0.412. The van der Waals surface area contributed by atoms with Gasteiger partial charge in [-0.15, -0.1) is 0 Å². The standard InChI is InChI=1S/C22H27N3O3/c1-6-17-10-8-9-14(3)19(17)12-23-20-11-18(28-22(26)27-7-2)13-25-16(5)15(4)24-21(20)25/h8-11,13,23H,6-7,12H2,1-5H3. The highest BCUT2D eigenvalue weighted by Gasteiger charge is 2.15. The van der Waals surface area contributed by atoms with Crippen LogP contribution in [0.2, 0.25) is 0 Å². The van der Waals surface area contributed by atoms with E-state index >= 15 is 0 Å². The summed E-state index contributed by atoms with van der Waals surface area (Å²) >= 11 is 0. The molecule has 2 aromatic heterocycles. The van der Waals surface area contributed by atoms with Crippen LogP contribution in [0.15, 0.2) is 30.5 Å². The van der Waals surface area contributed by atoms with Crippen LogP contribution in [0.4, 0.5) is 10.5 Å². The molecule has 3 rings (SSSR count). The third kappa shape index (κ3) is 3.96. The number of carbonyl (C=O) groups excluding carboxylic acids is 1. The molecule has 0 aliphatic carbocycles. The van der Waals surface area contributed by atoms with Crippen LogP contribution in [-0.2, 0) is 17.7 Å². The van der Waals surface area contributed by atoms with Crippen LogP contribution in [-0.4, -0.2) is 22.1 Å². The molecule has 2 heterocycles. The number of hydrogen-bond donors (Lipinski definition) is 1. The normalized spacial score (nSPS) is 10.9. The zero-order valence-corrected chi connectivity index (χ0v) is 17.1. The monoisotopic (exact) mass is 381 g/mol. The first-order valence-corrected chi connectivity index (χ1v) is 9.59. The van der Waals surface area contributed by atoms with Crippen LogP contribution >= 0.6 is 0 Å². The number of benzene rings is 1. The fourth-order valence-corrected chi connectivity index (χ4v) is 3.31. The number of pyridine rings is 1. The molecule has 0 fully saturated rings. The molecular weight excluding hydrogens is 354 g/mol. The lowest BCUT2D eigenvalue weighted by atomic mass is 10.00. The highest BCUT2D eigenvalue weighted by atomic mass is 16.7. The molecule has 0 atom stereocenters. The van der Waals surface area contributed by atoms with E-state index in [0.29, 0.717) is 12.3 Å². The number of carbonyl (C=O) groups is 1. The molecule has 1 N–H and O–H groups in total. The lowest BCUT2D eigenvalue weighted by molar-refractivity contribution is 0.104. The van der Waals surface area contributed by atoms with Crippen molar-refractivity contribution in [2.24, 2.45) is 0 Å². The van der Waals surface area contributed by atoms with E-state index < -0.39 is 6.16 Å². The lowest BCUT2D eigenvalue weighted by Crippen LogP contribution is -2.11. The molecule has 0 saturated carbocycles. The minimum Gasteiger partial charge on any atom is -0.434 e. The zero-order chi connectivity index (χ0) is 20.3. The summed E-state index contributed by atoms with van der Waals surface area (Å²) in [6.07, 6.45) is 2.02. The Morgan fingerprint density at radius 2 is 2.00 bits per heavy atom. The number of aryl methyl sites for hydroxylation is 4. The van der Waals surface area contributed by atoms with Crippen molar-refractivity contribution in [1.82, 2.24) is 9.38 Å². The number of imidazole rings is 1. The van der Waals surface area contributed by atoms with E-state index in [1.807, 2.05) is 18.2 Å². The fourth-order valence-electron chi connectivity index (χ4n) is 3.31. The van der Waals surface area contributed by atoms with Crippen molar-refractivity contribution in [3.63, 3.8) is 0 Å². The molecule has 0 radical (unpaired) electrons. The van der Waals surface area contributed by atoms with Gasteiger partial charge in [0.25, 0.3) is 0 Å². The summed E-state index contributed by atoms with van der Waals surface area (Å²) in [5.41, 5.74) is 7.38. The molecule has 0 bridgehead atoms. The topological polar surface area (TPSA) is 64.9 Å². The van der Waals surface area contributed by atoms with E-state index in [1.165, 1.54) is 16.7 Å². The van der Waals surface area contributed by atoms with Gasteiger partial charge >= 0.3 is 6.16 Å². The number of nitrogens with zero attached hydrogens (tertiary/aromatic N) is 2. The molecule has 3 aromatic rings. The van der Waals surface area contributed by atoms with Crippen LogP contribution in [0.1, 0.15) is 41.9 Å². The zero-order valence-electron chi connectivity index (χ0n) is 17.1. The second-order valence-electron chi connectivity index (χ2n) is 6.77. The molecular formula is C22H27N3O3. The predicted octanol–water partition coefficient (Wildman–Crippen LogP) is 4.97. The fraction of sp³-hybridized carbons (Fsp3) is 0.364. The molecule has 6 heteroatoms. The first kappa shape index (κ1) is 19.7. The van der Waals surface area contributed by atoms with E-state index in [9.17, 15) is 4.79 Å². The summed E-state index contributed by atoms with van der Waals surface area (Å²) in [7, 11) is 0. The Labute approximate surface area is 165 Å². The summed E-state index contributed by atoms with van der Waals surface area (Å²) < 4.78 is 12.2. The number of anilines is 1. The summed E-state index contributed by atoms with van der Waals surface area (Å²) in [6.45, 7) is 10.9. The van der Waals surface area contributed by atoms with Gasteiger partial charge in [-0.25, -0.2) is 9.78 Å². The van der Waals surface area contributed by atoms with Crippen molar-refractivity contribution in [1.29, 1.82) is 0 Å². The summed E-state index contributed by atoms with van der Waals surface area (Å²) in [4.78, 5) is 16.4. The van der Waals surface area contributed by atoms with E-state index in [4.69, 9.17) is 9.47 Å². The Hall–Kier alpha value is -3.02. The number of nitrogens with one attached hydrogen (secondary N) is 1. The third-order valence-electron chi connectivity index (χ3n) is 4.98. The van der Waals surface area contributed by atoms with Crippen molar-refractivity contribution in [2.45, 2.75) is 47.6 Å². The van der Waals surface area contributed by atoms with Gasteiger partial charge in [0.15, 0.2) is 11.4 Å². The van der Waals surface area contributed by atoms with E-state index in [2.05, 4.69) is 42.3 Å². The molecule has 0 unspecified atom stereocenters. The smallest absolute Gasteiger partial charge is 0.434 e. The number of rotatable bonds is 6. The van der Waals surface area contributed by atoms with Gasteiger partial charge in [-0.1, -0.05) is 25.1 Å². The van der Waals surface area contributed by atoms with Crippen molar-refractivity contribution in [2.75, 3.05) is 11.9 Å². The first-order chi connectivity index (χ1) is 13.4. The van der Waals surface area contributed by atoms with Crippen LogP contribution in [0.25, 0.3) is 5.65 Å².